The van der Waals surface area contributed by atoms with Crippen LogP contribution < -0.4 is 5.32 Å². The van der Waals surface area contributed by atoms with Gasteiger partial charge >= 0.3 is 0 Å². The van der Waals surface area contributed by atoms with E-state index in [1.165, 1.54) is 0 Å². The average Bonchev–Trinajstić information content (AvgIpc) is 3.04. The summed E-state index contributed by atoms with van der Waals surface area (Å²) in [6.45, 7) is 6.94. The van der Waals surface area contributed by atoms with Crippen LogP contribution in [0.3, 0.4) is 0 Å². The van der Waals surface area contributed by atoms with E-state index < -0.39 is 0 Å². The third kappa shape index (κ3) is 5.12. The van der Waals surface area contributed by atoms with Crippen LogP contribution in [0.25, 0.3) is 11.0 Å². The van der Waals surface area contributed by atoms with Gasteiger partial charge in [-0.05, 0) is 42.2 Å². The van der Waals surface area contributed by atoms with Crippen molar-refractivity contribution in [3.05, 3.63) is 63.9 Å². The first-order valence-corrected chi connectivity index (χ1v) is 10.8. The van der Waals surface area contributed by atoms with Gasteiger partial charge in [0.2, 0.25) is 5.91 Å². The molecule has 0 radical (unpaired) electrons. The summed E-state index contributed by atoms with van der Waals surface area (Å²) in [6, 6.07) is 13.1. The number of carbonyl (C=O) groups is 1. The zero-order valence-electron chi connectivity index (χ0n) is 17.1. The number of hydrogen-bond acceptors (Lipinski definition) is 2. The molecule has 3 aromatic rings. The van der Waals surface area contributed by atoms with E-state index in [9.17, 15) is 4.79 Å². The maximum Gasteiger partial charge on any atom is 0.243 e. The Morgan fingerprint density at radius 3 is 2.62 bits per heavy atom. The highest BCUT2D eigenvalue weighted by molar-refractivity contribution is 6.35. The Hall–Kier alpha value is -2.04. The quantitative estimate of drug-likeness (QED) is 0.471. The molecule has 6 heteroatoms. The van der Waals surface area contributed by atoms with Crippen molar-refractivity contribution in [1.82, 2.24) is 14.9 Å². The Labute approximate surface area is 182 Å². The van der Waals surface area contributed by atoms with Gasteiger partial charge in [0, 0.05) is 23.0 Å². The molecule has 3 rings (SSSR count). The summed E-state index contributed by atoms with van der Waals surface area (Å²) in [7, 11) is 0. The highest BCUT2D eigenvalue weighted by Crippen LogP contribution is 2.29. The smallest absolute Gasteiger partial charge is 0.243 e. The lowest BCUT2D eigenvalue weighted by molar-refractivity contribution is -0.124. The molecule has 0 aliphatic rings. The normalized spacial score (nSPS) is 12.5. The Bertz CT molecular complexity index is 997. The summed E-state index contributed by atoms with van der Waals surface area (Å²) in [5.74, 6) is 1.26. The van der Waals surface area contributed by atoms with Gasteiger partial charge < -0.3 is 9.88 Å². The highest BCUT2D eigenvalue weighted by atomic mass is 35.5. The molecule has 0 bridgehead atoms. The number of para-hydroxylation sites is 2. The number of benzene rings is 2. The van der Waals surface area contributed by atoms with E-state index in [0.717, 1.165) is 35.3 Å². The molecule has 0 aliphatic heterocycles. The number of rotatable bonds is 8. The summed E-state index contributed by atoms with van der Waals surface area (Å²) in [4.78, 5) is 17.9. The monoisotopic (exact) mass is 431 g/mol. The Morgan fingerprint density at radius 1 is 1.17 bits per heavy atom. The minimum atomic E-state index is -0.313. The summed E-state index contributed by atoms with van der Waals surface area (Å²) < 4.78 is 2.08. The standard InChI is InChI=1S/C23H27Cl2N3O/c1-4-7-21(23(29)26-14-15(2)3)28-20-9-6-5-8-19(20)27-22(28)12-16-10-11-17(24)13-18(16)25/h5-6,8-11,13,15,21H,4,7,12,14H2,1-3H3,(H,26,29). The molecule has 1 atom stereocenters. The minimum Gasteiger partial charge on any atom is -0.354 e. The van der Waals surface area contributed by atoms with Gasteiger partial charge in [-0.2, -0.15) is 0 Å². The maximum atomic E-state index is 13.1. The van der Waals surface area contributed by atoms with Crippen molar-refractivity contribution < 1.29 is 4.79 Å². The second-order valence-electron chi connectivity index (χ2n) is 7.74. The first kappa shape index (κ1) is 21.7. The predicted molar refractivity (Wildman–Crippen MR) is 121 cm³/mol. The van der Waals surface area contributed by atoms with Gasteiger partial charge in [0.05, 0.1) is 11.0 Å². The fourth-order valence-electron chi connectivity index (χ4n) is 3.48. The fourth-order valence-corrected chi connectivity index (χ4v) is 3.95. The molecule has 1 unspecified atom stereocenters. The third-order valence-corrected chi connectivity index (χ3v) is 5.48. The number of amides is 1. The van der Waals surface area contributed by atoms with Gasteiger partial charge in [-0.25, -0.2) is 4.98 Å². The van der Waals surface area contributed by atoms with Crippen LogP contribution in [0.4, 0.5) is 0 Å². The molecular weight excluding hydrogens is 405 g/mol. The number of halogens is 2. The molecule has 4 nitrogen and oxygen atoms in total. The van der Waals surface area contributed by atoms with E-state index in [0.29, 0.717) is 28.9 Å². The van der Waals surface area contributed by atoms with E-state index in [-0.39, 0.29) is 11.9 Å². The summed E-state index contributed by atoms with van der Waals surface area (Å²) in [6.07, 6.45) is 2.17. The summed E-state index contributed by atoms with van der Waals surface area (Å²) in [5.41, 5.74) is 2.78. The first-order valence-electron chi connectivity index (χ1n) is 10.1. The van der Waals surface area contributed by atoms with Crippen LogP contribution in [0.2, 0.25) is 10.0 Å². The topological polar surface area (TPSA) is 46.9 Å². The molecule has 154 valence electrons. The number of nitrogens with one attached hydrogen (secondary N) is 1. The predicted octanol–water partition coefficient (Wildman–Crippen LogP) is 6.05. The van der Waals surface area contributed by atoms with E-state index in [2.05, 4.69) is 30.7 Å². The van der Waals surface area contributed by atoms with Crippen molar-refractivity contribution in [1.29, 1.82) is 0 Å². The Kier molecular flexibility index (Phi) is 7.20. The fraction of sp³-hybridized carbons (Fsp3) is 0.391. The highest BCUT2D eigenvalue weighted by Gasteiger charge is 2.25. The van der Waals surface area contributed by atoms with Crippen LogP contribution in [0, 0.1) is 5.92 Å². The number of nitrogens with zero attached hydrogens (tertiary/aromatic N) is 2. The van der Waals surface area contributed by atoms with Crippen LogP contribution in [0.5, 0.6) is 0 Å². The van der Waals surface area contributed by atoms with Crippen molar-refractivity contribution >= 4 is 40.1 Å². The molecule has 0 saturated carbocycles. The maximum absolute atomic E-state index is 13.1. The van der Waals surface area contributed by atoms with Crippen molar-refractivity contribution in [2.75, 3.05) is 6.54 Å². The summed E-state index contributed by atoms with van der Waals surface area (Å²) in [5, 5.41) is 4.30. The number of carbonyl (C=O) groups excluding carboxylic acids is 1. The molecule has 1 aromatic heterocycles. The molecule has 0 spiro atoms. The number of aromatic nitrogens is 2. The second-order valence-corrected chi connectivity index (χ2v) is 8.59. The molecular formula is C23H27Cl2N3O. The van der Waals surface area contributed by atoms with Crippen LogP contribution >= 0.6 is 23.2 Å². The molecule has 29 heavy (non-hydrogen) atoms. The van der Waals surface area contributed by atoms with E-state index >= 15 is 0 Å². The first-order chi connectivity index (χ1) is 13.9. The van der Waals surface area contributed by atoms with Gasteiger partial charge in [0.25, 0.3) is 0 Å². The summed E-state index contributed by atoms with van der Waals surface area (Å²) >= 11 is 12.5. The van der Waals surface area contributed by atoms with Crippen molar-refractivity contribution in [2.45, 2.75) is 46.1 Å². The van der Waals surface area contributed by atoms with Gasteiger partial charge in [-0.1, -0.05) is 68.6 Å². The van der Waals surface area contributed by atoms with Crippen LogP contribution in [0.1, 0.15) is 51.0 Å². The molecule has 0 saturated heterocycles. The van der Waals surface area contributed by atoms with E-state index in [1.54, 1.807) is 6.07 Å². The van der Waals surface area contributed by atoms with Gasteiger partial charge in [-0.15, -0.1) is 0 Å². The number of fused-ring (bicyclic) bond motifs is 1. The molecule has 1 N–H and O–H groups in total. The van der Waals surface area contributed by atoms with Crippen LogP contribution in [-0.4, -0.2) is 22.0 Å². The van der Waals surface area contributed by atoms with Gasteiger partial charge in [0.1, 0.15) is 11.9 Å². The molecule has 0 aliphatic carbocycles. The van der Waals surface area contributed by atoms with E-state index in [4.69, 9.17) is 28.2 Å². The SMILES string of the molecule is CCCC(C(=O)NCC(C)C)n1c(Cc2ccc(Cl)cc2Cl)nc2ccccc21. The minimum absolute atomic E-state index is 0.0344. The molecule has 1 amide bonds. The Morgan fingerprint density at radius 2 is 1.93 bits per heavy atom. The van der Waals surface area contributed by atoms with Crippen LogP contribution in [0.15, 0.2) is 42.5 Å². The average molecular weight is 432 g/mol. The van der Waals surface area contributed by atoms with Crippen molar-refractivity contribution in [2.24, 2.45) is 5.92 Å². The zero-order chi connectivity index (χ0) is 21.0. The Balaban J connectivity index is 2.05. The van der Waals surface area contributed by atoms with Gasteiger partial charge in [-0.3, -0.25) is 4.79 Å². The number of hydrogen-bond donors (Lipinski definition) is 1. The number of imidazole rings is 1. The molecule has 2 aromatic carbocycles. The largest absolute Gasteiger partial charge is 0.354 e. The lowest BCUT2D eigenvalue weighted by atomic mass is 10.1. The van der Waals surface area contributed by atoms with E-state index in [1.807, 2.05) is 36.4 Å². The molecule has 0 fully saturated rings. The lowest BCUT2D eigenvalue weighted by Crippen LogP contribution is -2.35. The lowest BCUT2D eigenvalue weighted by Gasteiger charge is -2.22. The zero-order valence-corrected chi connectivity index (χ0v) is 18.6. The van der Waals surface area contributed by atoms with Crippen molar-refractivity contribution in [3.63, 3.8) is 0 Å². The van der Waals surface area contributed by atoms with Crippen molar-refractivity contribution in [3.8, 4) is 0 Å². The second kappa shape index (κ2) is 9.64. The molecule has 1 heterocycles. The van der Waals surface area contributed by atoms with Gasteiger partial charge in [0.15, 0.2) is 0 Å². The third-order valence-electron chi connectivity index (χ3n) is 4.89. The van der Waals surface area contributed by atoms with Crippen LogP contribution in [-0.2, 0) is 11.2 Å².